The number of aromatic nitrogens is 5. The molecule has 2 aliphatic rings. The number of carbonyl (C=O) groups is 1. The summed E-state index contributed by atoms with van der Waals surface area (Å²) >= 11 is 0. The maximum atomic E-state index is 13.7. The Kier molecular flexibility index (Phi) is 11.6. The van der Waals surface area contributed by atoms with E-state index in [0.29, 0.717) is 29.0 Å². The second-order valence-electron chi connectivity index (χ2n) is 18.1. The summed E-state index contributed by atoms with van der Waals surface area (Å²) < 4.78 is 17.7. The predicted molar refractivity (Wildman–Crippen MR) is 231 cm³/mol. The smallest absolute Gasteiger partial charge is 0.320 e. The highest BCUT2D eigenvalue weighted by molar-refractivity contribution is 6.77. The van der Waals surface area contributed by atoms with Gasteiger partial charge >= 0.3 is 6.03 Å². The molecule has 0 unspecified atom stereocenters. The van der Waals surface area contributed by atoms with E-state index in [9.17, 15) is 4.79 Å². The normalized spacial score (nSPS) is 18.8. The van der Waals surface area contributed by atoms with Gasteiger partial charge in [-0.25, -0.2) is 9.48 Å². The Morgan fingerprint density at radius 2 is 1.60 bits per heavy atom. The maximum Gasteiger partial charge on any atom is 0.320 e. The van der Waals surface area contributed by atoms with Crippen LogP contribution >= 0.6 is 0 Å². The van der Waals surface area contributed by atoms with Gasteiger partial charge in [0.05, 0.1) is 36.3 Å². The first kappa shape index (κ1) is 40.5. The van der Waals surface area contributed by atoms with Gasteiger partial charge in [0, 0.05) is 18.0 Å². The number of nitrogens with zero attached hydrogens (tertiary/aromatic N) is 6. The van der Waals surface area contributed by atoms with E-state index in [4.69, 9.17) is 19.4 Å². The average molecular weight is 791 g/mol. The predicted octanol–water partition coefficient (Wildman–Crippen LogP) is 10.5. The average Bonchev–Trinajstić information content (AvgIpc) is 3.91. The number of hydrogen-bond acceptors (Lipinski definition) is 7. The van der Waals surface area contributed by atoms with Gasteiger partial charge in [-0.3, -0.25) is 9.72 Å². The van der Waals surface area contributed by atoms with Crippen LogP contribution in [0, 0.1) is 6.92 Å². The summed E-state index contributed by atoms with van der Waals surface area (Å²) in [5, 5.41) is 20.5. The Hall–Kier alpha value is -4.68. The molecular weight excluding hydrogens is 729 g/mol. The van der Waals surface area contributed by atoms with Gasteiger partial charge in [-0.05, 0) is 84.6 Å². The van der Waals surface area contributed by atoms with Gasteiger partial charge in [-0.1, -0.05) is 104 Å². The number of amides is 2. The van der Waals surface area contributed by atoms with Gasteiger partial charge in [-0.2, -0.15) is 5.10 Å². The van der Waals surface area contributed by atoms with Crippen molar-refractivity contribution in [2.75, 3.05) is 23.4 Å². The van der Waals surface area contributed by atoms with Crippen molar-refractivity contribution in [2.45, 2.75) is 135 Å². The van der Waals surface area contributed by atoms with Crippen molar-refractivity contribution in [3.05, 3.63) is 95.3 Å². The molecule has 2 N–H and O–H groups in total. The van der Waals surface area contributed by atoms with Gasteiger partial charge in [0.15, 0.2) is 14.0 Å². The number of anilines is 2. The standard InChI is InChI=1S/C45H62N8O3Si/c1-29(2)57(30(3)4,31(5)6)55-28-34-14-13-25-51(34)44-49-48-41-24-21-35(27-52(41)44)56-39-23-22-38(36-15-11-12-16-37(36)39)46-43(54)47-42-26-40(45(8,9)10)50-53(42)33-19-17-32(7)18-20-33/h11-12,15-21,24,26-27,29-31,34,38-39H,13-14,22-23,25,28H2,1-10H3,(H2,46,47,54)/t34-,38-,39+/m0/s1. The van der Waals surface area contributed by atoms with E-state index in [1.54, 1.807) is 0 Å². The zero-order valence-corrected chi connectivity index (χ0v) is 36.5. The Balaban J connectivity index is 1.06. The van der Waals surface area contributed by atoms with Gasteiger partial charge in [0.2, 0.25) is 5.95 Å². The molecule has 1 aliphatic heterocycles. The van der Waals surface area contributed by atoms with Crippen molar-refractivity contribution in [3.8, 4) is 11.4 Å². The van der Waals surface area contributed by atoms with Crippen LogP contribution in [0.5, 0.6) is 5.75 Å². The lowest BCUT2D eigenvalue weighted by molar-refractivity contribution is 0.171. The number of fused-ring (bicyclic) bond motifs is 2. The fourth-order valence-electron chi connectivity index (χ4n) is 9.35. The van der Waals surface area contributed by atoms with Crippen LogP contribution in [0.1, 0.15) is 123 Å². The van der Waals surface area contributed by atoms with Crippen molar-refractivity contribution >= 4 is 31.8 Å². The third kappa shape index (κ3) is 8.21. The minimum absolute atomic E-state index is 0.175. The summed E-state index contributed by atoms with van der Waals surface area (Å²) in [5.41, 5.74) is 7.30. The second-order valence-corrected chi connectivity index (χ2v) is 23.5. The molecule has 1 fully saturated rings. The second kappa shape index (κ2) is 16.3. The number of carbonyl (C=O) groups excluding carboxylic acids is 1. The van der Waals surface area contributed by atoms with Crippen LogP contribution in [0.25, 0.3) is 11.3 Å². The molecule has 4 heterocycles. The third-order valence-electron chi connectivity index (χ3n) is 12.2. The maximum absolute atomic E-state index is 13.7. The molecular formula is C45H62N8O3Si. The molecule has 304 valence electrons. The quantitative estimate of drug-likeness (QED) is 0.121. The summed E-state index contributed by atoms with van der Waals surface area (Å²) in [7, 11) is -2.00. The van der Waals surface area contributed by atoms with E-state index >= 15 is 0 Å². The monoisotopic (exact) mass is 790 g/mol. The summed E-state index contributed by atoms with van der Waals surface area (Å²) in [4.78, 5) is 16.1. The highest BCUT2D eigenvalue weighted by atomic mass is 28.4. The fraction of sp³-hybridized carbons (Fsp3) is 0.511. The zero-order valence-electron chi connectivity index (χ0n) is 35.5. The SMILES string of the molecule is Cc1ccc(-n2nc(C(C)(C)C)cc2NC(=O)N[C@H]2CC[C@@H](Oc3ccc4nnc(N5CCC[C@H]5CO[Si](C(C)C)(C(C)C)C(C)C)n4c3)c3ccccc32)cc1. The zero-order chi connectivity index (χ0) is 40.6. The van der Waals surface area contributed by atoms with E-state index in [1.807, 2.05) is 53.3 Å². The molecule has 3 aromatic heterocycles. The molecule has 11 nitrogen and oxygen atoms in total. The lowest BCUT2D eigenvalue weighted by atomic mass is 9.85. The van der Waals surface area contributed by atoms with Crippen LogP contribution < -0.4 is 20.3 Å². The van der Waals surface area contributed by atoms with Crippen LogP contribution in [0.15, 0.2) is 72.9 Å². The minimum atomic E-state index is -2.00. The Morgan fingerprint density at radius 1 is 0.895 bits per heavy atom. The molecule has 5 aromatic rings. The molecule has 0 spiro atoms. The van der Waals surface area contributed by atoms with E-state index in [0.717, 1.165) is 77.6 Å². The molecule has 3 atom stereocenters. The van der Waals surface area contributed by atoms with Gasteiger partial charge in [0.1, 0.15) is 17.7 Å². The van der Waals surface area contributed by atoms with Crippen LogP contribution in [0.4, 0.5) is 16.6 Å². The van der Waals surface area contributed by atoms with Crippen LogP contribution in [0.2, 0.25) is 16.6 Å². The molecule has 2 aromatic carbocycles. The molecule has 1 aliphatic carbocycles. The Morgan fingerprint density at radius 3 is 2.28 bits per heavy atom. The van der Waals surface area contributed by atoms with E-state index in [1.165, 1.54) is 0 Å². The van der Waals surface area contributed by atoms with Gasteiger partial charge < -0.3 is 19.4 Å². The first-order chi connectivity index (χ1) is 27.1. The third-order valence-corrected chi connectivity index (χ3v) is 18.3. The van der Waals surface area contributed by atoms with Gasteiger partial charge in [-0.15, -0.1) is 10.2 Å². The highest BCUT2D eigenvalue weighted by Crippen LogP contribution is 2.43. The van der Waals surface area contributed by atoms with Crippen LogP contribution in [0.3, 0.4) is 0 Å². The number of hydrogen-bond donors (Lipinski definition) is 2. The summed E-state index contributed by atoms with van der Waals surface area (Å²) in [6, 6.07) is 22.2. The number of ether oxygens (including phenoxy) is 1. The van der Waals surface area contributed by atoms with Crippen LogP contribution in [-0.2, 0) is 9.84 Å². The number of nitrogens with one attached hydrogen (secondary N) is 2. The van der Waals surface area contributed by atoms with E-state index in [2.05, 4.69) is 119 Å². The number of aryl methyl sites for hydroxylation is 1. The number of urea groups is 1. The van der Waals surface area contributed by atoms with Crippen molar-refractivity contribution in [1.29, 1.82) is 0 Å². The first-order valence-corrected chi connectivity index (χ1v) is 23.1. The molecule has 0 saturated carbocycles. The number of benzene rings is 2. The minimum Gasteiger partial charge on any atom is -0.484 e. The molecule has 0 radical (unpaired) electrons. The topological polar surface area (TPSA) is 111 Å². The van der Waals surface area contributed by atoms with Crippen molar-refractivity contribution in [2.24, 2.45) is 0 Å². The molecule has 12 heteroatoms. The Labute approximate surface area is 339 Å². The van der Waals surface area contributed by atoms with Gasteiger partial charge in [0.25, 0.3) is 0 Å². The van der Waals surface area contributed by atoms with E-state index < -0.39 is 8.32 Å². The molecule has 7 rings (SSSR count). The Bertz CT molecular complexity index is 2150. The molecule has 1 saturated heterocycles. The molecule has 2 amide bonds. The first-order valence-electron chi connectivity index (χ1n) is 20.9. The number of rotatable bonds is 12. The lowest BCUT2D eigenvalue weighted by Gasteiger charge is -2.43. The highest BCUT2D eigenvalue weighted by Gasteiger charge is 2.46. The van der Waals surface area contributed by atoms with Crippen LogP contribution in [-0.4, -0.2) is 57.9 Å². The van der Waals surface area contributed by atoms with Crippen molar-refractivity contribution in [3.63, 3.8) is 0 Å². The molecule has 0 bridgehead atoms. The van der Waals surface area contributed by atoms with Crippen molar-refractivity contribution < 1.29 is 14.0 Å². The molecule has 57 heavy (non-hydrogen) atoms. The van der Waals surface area contributed by atoms with Crippen molar-refractivity contribution in [1.82, 2.24) is 29.7 Å². The summed E-state index contributed by atoms with van der Waals surface area (Å²) in [6.07, 6.45) is 5.49. The largest absolute Gasteiger partial charge is 0.484 e. The van der Waals surface area contributed by atoms with E-state index in [-0.39, 0.29) is 29.6 Å². The number of pyridine rings is 1. The fourth-order valence-corrected chi connectivity index (χ4v) is 14.8. The lowest BCUT2D eigenvalue weighted by Crippen LogP contribution is -2.50. The summed E-state index contributed by atoms with van der Waals surface area (Å²) in [6.45, 7) is 24.1. The summed E-state index contributed by atoms with van der Waals surface area (Å²) in [5.74, 6) is 2.22.